The smallest absolute Gasteiger partial charge is 0.261 e. The van der Waals surface area contributed by atoms with E-state index in [1.807, 2.05) is 20.8 Å². The number of nitrogens with zero attached hydrogens (tertiary/aromatic N) is 1. The molecule has 1 heterocycles. The van der Waals surface area contributed by atoms with Crippen LogP contribution in [-0.4, -0.2) is 44.3 Å². The molecule has 2 aromatic rings. The summed E-state index contributed by atoms with van der Waals surface area (Å²) in [4.78, 5) is 27.1. The van der Waals surface area contributed by atoms with Crippen molar-refractivity contribution in [3.05, 3.63) is 59.7 Å². The number of carbonyl (C=O) groups excluding carboxylic acids is 2. The Kier molecular flexibility index (Phi) is 7.56. The van der Waals surface area contributed by atoms with Crippen molar-refractivity contribution < 1.29 is 18.0 Å². The van der Waals surface area contributed by atoms with Gasteiger partial charge >= 0.3 is 0 Å². The van der Waals surface area contributed by atoms with Crippen molar-refractivity contribution in [3.8, 4) is 0 Å². The Bertz CT molecular complexity index is 1040. The molecule has 1 unspecified atom stereocenters. The number of hydrogen-bond donors (Lipinski definition) is 2. The van der Waals surface area contributed by atoms with Gasteiger partial charge < -0.3 is 10.2 Å². The minimum absolute atomic E-state index is 0.0633. The first-order valence-electron chi connectivity index (χ1n) is 11.0. The van der Waals surface area contributed by atoms with Gasteiger partial charge in [-0.3, -0.25) is 14.3 Å². The molecule has 1 saturated heterocycles. The van der Waals surface area contributed by atoms with E-state index in [0.29, 0.717) is 37.2 Å². The highest BCUT2D eigenvalue weighted by Crippen LogP contribution is 2.21. The Morgan fingerprint density at radius 3 is 2.19 bits per heavy atom. The van der Waals surface area contributed by atoms with Gasteiger partial charge in [-0.1, -0.05) is 24.6 Å². The van der Waals surface area contributed by atoms with Gasteiger partial charge in [0, 0.05) is 36.3 Å². The molecule has 8 heteroatoms. The van der Waals surface area contributed by atoms with Gasteiger partial charge in [-0.2, -0.15) is 0 Å². The first kappa shape index (κ1) is 23.8. The molecular weight excluding hydrogens is 426 g/mol. The van der Waals surface area contributed by atoms with Crippen LogP contribution in [0.1, 0.15) is 49.0 Å². The van der Waals surface area contributed by atoms with E-state index in [0.717, 1.165) is 12.0 Å². The van der Waals surface area contributed by atoms with Crippen LogP contribution in [0.25, 0.3) is 0 Å². The quantitative estimate of drug-likeness (QED) is 0.665. The first-order valence-corrected chi connectivity index (χ1v) is 12.5. The fourth-order valence-corrected chi connectivity index (χ4v) is 4.66. The lowest BCUT2D eigenvalue weighted by Gasteiger charge is -2.32. The Morgan fingerprint density at radius 2 is 1.62 bits per heavy atom. The van der Waals surface area contributed by atoms with Crippen molar-refractivity contribution in [1.82, 2.24) is 10.2 Å². The SMILES string of the molecule is CCC(C)NC(=O)C1CCN(C(=O)c2ccc(NS(=O)(=O)c3ccc(C)cc3)cc2)CC1. The van der Waals surface area contributed by atoms with Crippen LogP contribution in [-0.2, 0) is 14.8 Å². The molecule has 1 atom stereocenters. The Labute approximate surface area is 190 Å². The second-order valence-corrected chi connectivity index (χ2v) is 10.1. The van der Waals surface area contributed by atoms with Crippen molar-refractivity contribution in [2.24, 2.45) is 5.92 Å². The molecule has 0 bridgehead atoms. The van der Waals surface area contributed by atoms with Crippen LogP contribution in [0, 0.1) is 12.8 Å². The average Bonchev–Trinajstić information content (AvgIpc) is 2.79. The summed E-state index contributed by atoms with van der Waals surface area (Å²) in [6.07, 6.45) is 2.17. The van der Waals surface area contributed by atoms with Crippen molar-refractivity contribution >= 4 is 27.5 Å². The van der Waals surface area contributed by atoms with Crippen molar-refractivity contribution in [2.45, 2.75) is 51.0 Å². The summed E-state index contributed by atoms with van der Waals surface area (Å²) < 4.78 is 27.6. The predicted molar refractivity (Wildman–Crippen MR) is 125 cm³/mol. The number of sulfonamides is 1. The molecule has 1 aliphatic rings. The summed E-state index contributed by atoms with van der Waals surface area (Å²) in [5.74, 6) is -0.109. The third-order valence-electron chi connectivity index (χ3n) is 5.87. The zero-order chi connectivity index (χ0) is 23.3. The van der Waals surface area contributed by atoms with Gasteiger partial charge in [0.05, 0.1) is 4.90 Å². The van der Waals surface area contributed by atoms with E-state index in [1.165, 1.54) is 0 Å². The highest BCUT2D eigenvalue weighted by molar-refractivity contribution is 7.92. The molecule has 7 nitrogen and oxygen atoms in total. The maximum atomic E-state index is 12.8. The number of likely N-dealkylation sites (tertiary alicyclic amines) is 1. The number of piperidine rings is 1. The highest BCUT2D eigenvalue weighted by atomic mass is 32.2. The van der Waals surface area contributed by atoms with Crippen LogP contribution in [0.3, 0.4) is 0 Å². The normalized spacial score (nSPS) is 15.8. The number of rotatable bonds is 7. The minimum Gasteiger partial charge on any atom is -0.353 e. The number of anilines is 1. The monoisotopic (exact) mass is 457 g/mol. The summed E-state index contributed by atoms with van der Waals surface area (Å²) in [6, 6.07) is 13.2. The Balaban J connectivity index is 1.57. The molecule has 1 fully saturated rings. The van der Waals surface area contributed by atoms with Crippen LogP contribution in [0.5, 0.6) is 0 Å². The molecule has 0 aliphatic carbocycles. The highest BCUT2D eigenvalue weighted by Gasteiger charge is 2.28. The van der Waals surface area contributed by atoms with Crippen LogP contribution < -0.4 is 10.0 Å². The van der Waals surface area contributed by atoms with E-state index in [-0.39, 0.29) is 28.7 Å². The Morgan fingerprint density at radius 1 is 1.03 bits per heavy atom. The molecular formula is C24H31N3O4S. The third kappa shape index (κ3) is 5.88. The molecule has 0 spiro atoms. The van der Waals surface area contributed by atoms with E-state index in [9.17, 15) is 18.0 Å². The van der Waals surface area contributed by atoms with Gasteiger partial charge in [-0.15, -0.1) is 0 Å². The third-order valence-corrected chi connectivity index (χ3v) is 7.27. The maximum Gasteiger partial charge on any atom is 0.261 e. The number of amides is 2. The van der Waals surface area contributed by atoms with Crippen LogP contribution in [0.15, 0.2) is 53.4 Å². The summed E-state index contributed by atoms with van der Waals surface area (Å²) in [5, 5.41) is 3.02. The lowest BCUT2D eigenvalue weighted by atomic mass is 9.95. The molecule has 0 radical (unpaired) electrons. The molecule has 2 N–H and O–H groups in total. The number of hydrogen-bond acceptors (Lipinski definition) is 4. The van der Waals surface area contributed by atoms with Crippen LogP contribution in [0.2, 0.25) is 0 Å². The van der Waals surface area contributed by atoms with E-state index >= 15 is 0 Å². The average molecular weight is 458 g/mol. The standard InChI is InChI=1S/C24H31N3O4S/c1-4-18(3)25-23(28)19-13-15-27(16-14-19)24(29)20-7-9-21(10-8-20)26-32(30,31)22-11-5-17(2)6-12-22/h5-12,18-19,26H,4,13-16H2,1-3H3,(H,25,28). The van der Waals surface area contributed by atoms with Gasteiger partial charge in [0.25, 0.3) is 15.9 Å². The van der Waals surface area contributed by atoms with Gasteiger partial charge in [0.1, 0.15) is 0 Å². The van der Waals surface area contributed by atoms with E-state index in [4.69, 9.17) is 0 Å². The van der Waals surface area contributed by atoms with Crippen molar-refractivity contribution in [3.63, 3.8) is 0 Å². The topological polar surface area (TPSA) is 95.6 Å². The van der Waals surface area contributed by atoms with E-state index in [2.05, 4.69) is 10.0 Å². The van der Waals surface area contributed by atoms with Crippen LogP contribution in [0.4, 0.5) is 5.69 Å². The predicted octanol–water partition coefficient (Wildman–Crippen LogP) is 3.56. The Hall–Kier alpha value is -2.87. The lowest BCUT2D eigenvalue weighted by molar-refractivity contribution is -0.126. The van der Waals surface area contributed by atoms with Gasteiger partial charge in [0.2, 0.25) is 5.91 Å². The van der Waals surface area contributed by atoms with Crippen molar-refractivity contribution in [2.75, 3.05) is 17.8 Å². The zero-order valence-corrected chi connectivity index (χ0v) is 19.6. The first-order chi connectivity index (χ1) is 15.2. The fourth-order valence-electron chi connectivity index (χ4n) is 3.60. The molecule has 0 saturated carbocycles. The number of carbonyl (C=O) groups is 2. The number of aryl methyl sites for hydroxylation is 1. The summed E-state index contributed by atoms with van der Waals surface area (Å²) >= 11 is 0. The van der Waals surface area contributed by atoms with Gasteiger partial charge in [-0.05, 0) is 69.5 Å². The summed E-state index contributed by atoms with van der Waals surface area (Å²) in [5.41, 5.74) is 1.86. The molecule has 1 aliphatic heterocycles. The fraction of sp³-hybridized carbons (Fsp3) is 0.417. The van der Waals surface area contributed by atoms with E-state index < -0.39 is 10.0 Å². The minimum atomic E-state index is -3.69. The largest absolute Gasteiger partial charge is 0.353 e. The summed E-state index contributed by atoms with van der Waals surface area (Å²) in [6.45, 7) is 6.97. The molecule has 2 aromatic carbocycles. The molecule has 172 valence electrons. The maximum absolute atomic E-state index is 12.8. The molecule has 32 heavy (non-hydrogen) atoms. The molecule has 3 rings (SSSR count). The molecule has 2 amide bonds. The van der Waals surface area contributed by atoms with Gasteiger partial charge in [-0.25, -0.2) is 8.42 Å². The second kappa shape index (κ2) is 10.2. The summed E-state index contributed by atoms with van der Waals surface area (Å²) in [7, 11) is -3.69. The number of benzene rings is 2. The zero-order valence-electron chi connectivity index (χ0n) is 18.8. The van der Waals surface area contributed by atoms with E-state index in [1.54, 1.807) is 53.4 Å². The molecule has 0 aromatic heterocycles. The lowest BCUT2D eigenvalue weighted by Crippen LogP contribution is -2.44. The van der Waals surface area contributed by atoms with Crippen molar-refractivity contribution in [1.29, 1.82) is 0 Å². The second-order valence-electron chi connectivity index (χ2n) is 8.38. The van der Waals surface area contributed by atoms with Crippen LogP contribution >= 0.6 is 0 Å². The number of nitrogens with one attached hydrogen (secondary N) is 2. The van der Waals surface area contributed by atoms with Gasteiger partial charge in [0.15, 0.2) is 0 Å².